The summed E-state index contributed by atoms with van der Waals surface area (Å²) >= 11 is 0. The molecule has 1 aromatic carbocycles. The summed E-state index contributed by atoms with van der Waals surface area (Å²) in [7, 11) is -5.17. The van der Waals surface area contributed by atoms with Gasteiger partial charge < -0.3 is 34.0 Å². The second-order valence-corrected chi connectivity index (χ2v) is 15.3. The van der Waals surface area contributed by atoms with Crippen LogP contribution < -0.4 is 5.73 Å². The highest BCUT2D eigenvalue weighted by molar-refractivity contribution is 7.79. The summed E-state index contributed by atoms with van der Waals surface area (Å²) in [5.74, 6) is -0.860. The Bertz CT molecular complexity index is 920. The van der Waals surface area contributed by atoms with Crippen molar-refractivity contribution >= 4 is 16.4 Å². The lowest BCUT2D eigenvalue weighted by Crippen LogP contribution is -2.50. The highest BCUT2D eigenvalue weighted by Gasteiger charge is 2.25. The van der Waals surface area contributed by atoms with Gasteiger partial charge in [0.15, 0.2) is 0 Å². The molecule has 0 saturated carbocycles. The minimum atomic E-state index is -5.17. The monoisotopic (exact) mass is 762 g/mol. The number of phenols is 1. The summed E-state index contributed by atoms with van der Waals surface area (Å²) in [5.41, 5.74) is 6.12. The lowest BCUT2D eigenvalue weighted by Gasteiger charge is -2.39. The van der Waals surface area contributed by atoms with Crippen molar-refractivity contribution in [2.75, 3.05) is 52.4 Å². The van der Waals surface area contributed by atoms with Gasteiger partial charge in [-0.1, -0.05) is 119 Å². The van der Waals surface area contributed by atoms with Gasteiger partial charge in [0.2, 0.25) is 0 Å². The Morgan fingerprint density at radius 1 is 0.577 bits per heavy atom. The third-order valence-electron chi connectivity index (χ3n) is 9.60. The first kappa shape index (κ1) is 54.6. The van der Waals surface area contributed by atoms with E-state index in [-0.39, 0.29) is 12.2 Å². The van der Waals surface area contributed by atoms with Gasteiger partial charge in [-0.3, -0.25) is 13.2 Å². The number of hydrogen-bond donors (Lipinski definition) is 3. The van der Waals surface area contributed by atoms with Crippen molar-refractivity contribution in [2.45, 2.75) is 171 Å². The van der Waals surface area contributed by atoms with E-state index in [4.69, 9.17) is 33.5 Å². The van der Waals surface area contributed by atoms with Gasteiger partial charge in [-0.2, -0.15) is 0 Å². The normalized spacial score (nSPS) is 12.1. The van der Waals surface area contributed by atoms with E-state index in [0.29, 0.717) is 0 Å². The number of nitrogens with two attached hydrogens (primary N) is 1. The smallest absolute Gasteiger partial charge is 0.320 e. The fourth-order valence-electron chi connectivity index (χ4n) is 6.26. The molecule has 0 fully saturated rings. The van der Waals surface area contributed by atoms with Gasteiger partial charge in [-0.05, 0) is 75.5 Å². The summed E-state index contributed by atoms with van der Waals surface area (Å²) in [6.45, 7) is 30.0. The lowest BCUT2D eigenvalue weighted by atomic mass is 10.1. The first-order valence-corrected chi connectivity index (χ1v) is 22.0. The number of quaternary nitrogens is 2. The maximum absolute atomic E-state index is 10.4. The molecule has 0 radical (unpaired) electrons. The Labute approximate surface area is 321 Å². The van der Waals surface area contributed by atoms with Crippen LogP contribution in [0, 0.1) is 0 Å². The van der Waals surface area contributed by atoms with Crippen LogP contribution in [-0.4, -0.2) is 101 Å². The van der Waals surface area contributed by atoms with E-state index >= 15 is 0 Å². The van der Waals surface area contributed by atoms with Crippen LogP contribution in [0.4, 0.5) is 0 Å². The second kappa shape index (κ2) is 35.0. The number of rotatable bonds is 27. The molecule has 1 rings (SSSR count). The van der Waals surface area contributed by atoms with E-state index in [1.807, 2.05) is 0 Å². The molecule has 0 saturated heterocycles. The Morgan fingerprint density at radius 3 is 0.962 bits per heavy atom. The molecule has 4 N–H and O–H groups in total. The zero-order chi connectivity index (χ0) is 40.3. The van der Waals surface area contributed by atoms with Crippen molar-refractivity contribution < 1.29 is 41.5 Å². The van der Waals surface area contributed by atoms with Gasteiger partial charge in [-0.25, -0.2) is 0 Å². The van der Waals surface area contributed by atoms with Crippen LogP contribution in [0.3, 0.4) is 0 Å². The van der Waals surface area contributed by atoms with Crippen molar-refractivity contribution in [1.82, 2.24) is 0 Å². The van der Waals surface area contributed by atoms with Gasteiger partial charge >= 0.3 is 5.97 Å². The number of phenolic OH excluding ortho intramolecular Hbond substituents is 1. The quantitative estimate of drug-likeness (QED) is 0.0454. The number of nitrogens with zero attached hydrogens (tertiary/aromatic N) is 2. The molecule has 0 bridgehead atoms. The predicted molar refractivity (Wildman–Crippen MR) is 217 cm³/mol. The number of benzene rings is 1. The molecule has 1 aromatic rings. The van der Waals surface area contributed by atoms with E-state index in [9.17, 15) is 4.79 Å². The SMILES string of the molecule is CCCC[N+](CCCC)(CCCC)CCCC.CCCC[N+](CCCC)(CCCC)CCCC.NC(Cc1ccc(O)cc1)C(=O)O.O=S(=O)([O-])[O-]. The fraction of sp³-hybridized carbons (Fsp3) is 0.829. The minimum Gasteiger partial charge on any atom is -0.759 e. The Kier molecular flexibility index (Phi) is 36.7. The van der Waals surface area contributed by atoms with Gasteiger partial charge in [0, 0.05) is 10.4 Å². The van der Waals surface area contributed by atoms with E-state index < -0.39 is 22.4 Å². The Balaban J connectivity index is -0.000000653. The molecule has 0 heterocycles. The van der Waals surface area contributed by atoms with Crippen molar-refractivity contribution in [2.24, 2.45) is 5.73 Å². The number of aliphatic carboxylic acids is 1. The highest BCUT2D eigenvalue weighted by atomic mass is 32.3. The Hall–Kier alpha value is -1.76. The Morgan fingerprint density at radius 2 is 0.788 bits per heavy atom. The molecular weight excluding hydrogens is 679 g/mol. The standard InChI is InChI=1S/2C16H36N.C9H11NO3.H2O4S/c2*1-5-9-13-17(14-10-6-2,15-11-7-3)16-12-8-4;10-8(9(12)13)5-6-1-3-7(11)4-2-6;1-5(2,3)4/h2*5-16H2,1-4H3;1-4,8,11H,5,10H2,(H,12,13);(H2,1,2,3,4)/q2*+1;;/p-2. The van der Waals surface area contributed by atoms with Crippen LogP contribution in [0.2, 0.25) is 0 Å². The maximum Gasteiger partial charge on any atom is 0.320 e. The molecule has 10 nitrogen and oxygen atoms in total. The third kappa shape index (κ3) is 34.0. The highest BCUT2D eigenvalue weighted by Crippen LogP contribution is 2.18. The van der Waals surface area contributed by atoms with Crippen molar-refractivity contribution in [1.29, 1.82) is 0 Å². The van der Waals surface area contributed by atoms with Crippen molar-refractivity contribution in [3.05, 3.63) is 29.8 Å². The maximum atomic E-state index is 10.4. The molecule has 11 heteroatoms. The number of carboxylic acid groups (broad SMARTS) is 1. The predicted octanol–water partition coefficient (Wildman–Crippen LogP) is 9.02. The number of carbonyl (C=O) groups is 1. The van der Waals surface area contributed by atoms with Gasteiger partial charge in [-0.15, -0.1) is 0 Å². The van der Waals surface area contributed by atoms with E-state index in [2.05, 4.69) is 55.4 Å². The van der Waals surface area contributed by atoms with Gasteiger partial charge in [0.25, 0.3) is 0 Å². The average molecular weight is 762 g/mol. The molecule has 0 aliphatic carbocycles. The zero-order valence-electron chi connectivity index (χ0n) is 34.9. The summed E-state index contributed by atoms with van der Waals surface area (Å²) < 4.78 is 36.9. The molecule has 1 atom stereocenters. The lowest BCUT2D eigenvalue weighted by molar-refractivity contribution is -0.929. The van der Waals surface area contributed by atoms with E-state index in [1.54, 1.807) is 12.1 Å². The van der Waals surface area contributed by atoms with Crippen molar-refractivity contribution in [3.8, 4) is 5.75 Å². The van der Waals surface area contributed by atoms with Crippen LogP contribution >= 0.6 is 0 Å². The largest absolute Gasteiger partial charge is 0.759 e. The van der Waals surface area contributed by atoms with Crippen LogP contribution in [0.1, 0.15) is 164 Å². The van der Waals surface area contributed by atoms with Crippen LogP contribution in [0.5, 0.6) is 5.75 Å². The number of aromatic hydroxyl groups is 1. The topological polar surface area (TPSA) is 164 Å². The fourth-order valence-corrected chi connectivity index (χ4v) is 6.26. The molecule has 1 unspecified atom stereocenters. The van der Waals surface area contributed by atoms with Crippen LogP contribution in [0.25, 0.3) is 0 Å². The first-order valence-electron chi connectivity index (χ1n) is 20.7. The summed E-state index contributed by atoms with van der Waals surface area (Å²) in [6.07, 6.45) is 22.4. The summed E-state index contributed by atoms with van der Waals surface area (Å²) in [4.78, 5) is 10.4. The average Bonchev–Trinajstić information content (AvgIpc) is 3.11. The van der Waals surface area contributed by atoms with Crippen LogP contribution in [0.15, 0.2) is 24.3 Å². The first-order chi connectivity index (χ1) is 24.6. The van der Waals surface area contributed by atoms with Gasteiger partial charge in [0.1, 0.15) is 11.8 Å². The third-order valence-corrected chi connectivity index (χ3v) is 9.60. The summed E-state index contributed by atoms with van der Waals surface area (Å²) in [5, 5.41) is 17.5. The molecule has 0 aromatic heterocycles. The number of carboxylic acids is 1. The van der Waals surface area contributed by atoms with Gasteiger partial charge in [0.05, 0.1) is 52.4 Å². The summed E-state index contributed by atoms with van der Waals surface area (Å²) in [6, 6.07) is 5.42. The van der Waals surface area contributed by atoms with E-state index in [1.165, 1.54) is 176 Å². The zero-order valence-corrected chi connectivity index (χ0v) is 35.7. The molecule has 0 aliphatic heterocycles. The van der Waals surface area contributed by atoms with E-state index in [0.717, 1.165) is 5.56 Å². The van der Waals surface area contributed by atoms with Crippen molar-refractivity contribution in [3.63, 3.8) is 0 Å². The molecule has 310 valence electrons. The number of hydrogen-bond acceptors (Lipinski definition) is 7. The molecule has 0 spiro atoms. The molecular formula is C41H83N3O7S. The molecule has 52 heavy (non-hydrogen) atoms. The number of unbranched alkanes of at least 4 members (excludes halogenated alkanes) is 8. The van der Waals surface area contributed by atoms with Crippen LogP contribution in [-0.2, 0) is 21.6 Å². The molecule has 0 amide bonds. The minimum absolute atomic E-state index is 0.160. The second-order valence-electron chi connectivity index (χ2n) is 14.5. The molecule has 0 aliphatic rings.